The van der Waals surface area contributed by atoms with Gasteiger partial charge in [-0.15, -0.1) is 0 Å². The summed E-state index contributed by atoms with van der Waals surface area (Å²) in [5.41, 5.74) is 8.44. The Hall–Kier alpha value is -3.60. The average molecular weight is 553 g/mol. The summed E-state index contributed by atoms with van der Waals surface area (Å²) in [4.78, 5) is 28.9. The number of aryl methyl sites for hydroxylation is 1. The maximum absolute atomic E-state index is 14.1. The zero-order chi connectivity index (χ0) is 28.0. The Morgan fingerprint density at radius 3 is 2.49 bits per heavy atom. The molecule has 0 unspecified atom stereocenters. The van der Waals surface area contributed by atoms with Gasteiger partial charge in [0.2, 0.25) is 0 Å². The molecule has 0 spiro atoms. The SMILES string of the molecule is CCC[C@](N)(Sc1c2ccccc2nc(=O)n1-c1cc(F)cc(F)c1)C(=O)OCNCc1cccc(CC)c1. The Labute approximate surface area is 229 Å². The number of fused-ring (bicyclic) bond motifs is 1. The second-order valence-electron chi connectivity index (χ2n) is 9.10. The number of carbonyl (C=O) groups is 1. The standard InChI is InChI=1S/C29H30F2N4O3S/c1-3-12-29(32,27(36)38-18-33-17-20-9-7-8-19(4-2)13-20)39-26-24-10-5-6-11-25(24)34-28(37)35(26)23-15-21(30)14-22(31)16-23/h5-11,13-16,33H,3-4,12,17-18,32H2,1-2H3/t29-/m0/s1. The predicted octanol–water partition coefficient (Wildman–Crippen LogP) is 5.06. The van der Waals surface area contributed by atoms with E-state index in [1.54, 1.807) is 24.3 Å². The molecule has 3 aromatic carbocycles. The molecule has 1 atom stereocenters. The van der Waals surface area contributed by atoms with E-state index in [2.05, 4.69) is 29.4 Å². The van der Waals surface area contributed by atoms with Crippen LogP contribution in [0.5, 0.6) is 0 Å². The number of hydrogen-bond donors (Lipinski definition) is 2. The summed E-state index contributed by atoms with van der Waals surface area (Å²) in [5, 5.41) is 3.82. The Balaban J connectivity index is 1.64. The van der Waals surface area contributed by atoms with Crippen LogP contribution in [0.1, 0.15) is 37.8 Å². The molecule has 0 amide bonds. The van der Waals surface area contributed by atoms with E-state index >= 15 is 0 Å². The van der Waals surface area contributed by atoms with E-state index in [4.69, 9.17) is 10.5 Å². The summed E-state index contributed by atoms with van der Waals surface area (Å²) in [6.45, 7) is 4.38. The van der Waals surface area contributed by atoms with Crippen LogP contribution in [0.15, 0.2) is 76.6 Å². The van der Waals surface area contributed by atoms with Crippen molar-refractivity contribution in [3.63, 3.8) is 0 Å². The van der Waals surface area contributed by atoms with Crippen LogP contribution in [0.25, 0.3) is 16.6 Å². The first-order chi connectivity index (χ1) is 18.7. The minimum absolute atomic E-state index is 0.0681. The van der Waals surface area contributed by atoms with E-state index < -0.39 is 28.2 Å². The maximum Gasteiger partial charge on any atom is 0.353 e. The summed E-state index contributed by atoms with van der Waals surface area (Å²) < 4.78 is 34.8. The topological polar surface area (TPSA) is 99.2 Å². The lowest BCUT2D eigenvalue weighted by Crippen LogP contribution is -2.47. The lowest BCUT2D eigenvalue weighted by Gasteiger charge is -2.28. The lowest BCUT2D eigenvalue weighted by atomic mass is 10.1. The molecule has 0 fully saturated rings. The van der Waals surface area contributed by atoms with Gasteiger partial charge in [0.15, 0.2) is 4.87 Å². The van der Waals surface area contributed by atoms with Gasteiger partial charge >= 0.3 is 11.7 Å². The third-order valence-corrected chi connectivity index (χ3v) is 7.46. The molecular formula is C29H30F2N4O3S. The van der Waals surface area contributed by atoms with Gasteiger partial charge in [0.25, 0.3) is 0 Å². The highest BCUT2D eigenvalue weighted by Gasteiger charge is 2.38. The monoisotopic (exact) mass is 552 g/mol. The van der Waals surface area contributed by atoms with E-state index in [-0.39, 0.29) is 23.9 Å². The van der Waals surface area contributed by atoms with Crippen molar-refractivity contribution < 1.29 is 18.3 Å². The molecule has 3 N–H and O–H groups in total. The minimum Gasteiger partial charge on any atom is -0.448 e. The van der Waals surface area contributed by atoms with Gasteiger partial charge in [-0.3, -0.25) is 9.88 Å². The van der Waals surface area contributed by atoms with Crippen LogP contribution in [-0.4, -0.2) is 27.1 Å². The number of nitrogens with two attached hydrogens (primary N) is 1. The van der Waals surface area contributed by atoms with Gasteiger partial charge < -0.3 is 10.5 Å². The van der Waals surface area contributed by atoms with Gasteiger partial charge in [-0.05, 0) is 42.2 Å². The molecule has 7 nitrogen and oxygen atoms in total. The summed E-state index contributed by atoms with van der Waals surface area (Å²) >= 11 is 0.913. The van der Waals surface area contributed by atoms with Crippen LogP contribution in [0, 0.1) is 11.6 Å². The first kappa shape index (κ1) is 28.4. The molecular weight excluding hydrogens is 522 g/mol. The summed E-state index contributed by atoms with van der Waals surface area (Å²) in [5.74, 6) is -2.40. The van der Waals surface area contributed by atoms with Crippen molar-refractivity contribution in [1.82, 2.24) is 14.9 Å². The molecule has 39 heavy (non-hydrogen) atoms. The number of rotatable bonds is 11. The van der Waals surface area contributed by atoms with E-state index in [1.807, 2.05) is 19.1 Å². The molecule has 204 valence electrons. The molecule has 4 aromatic rings. The number of esters is 1. The van der Waals surface area contributed by atoms with Gasteiger partial charge in [-0.1, -0.05) is 74.5 Å². The van der Waals surface area contributed by atoms with E-state index in [1.165, 1.54) is 5.56 Å². The number of benzene rings is 3. The zero-order valence-electron chi connectivity index (χ0n) is 21.7. The normalized spacial score (nSPS) is 12.8. The first-order valence-corrected chi connectivity index (χ1v) is 13.5. The molecule has 1 heterocycles. The highest BCUT2D eigenvalue weighted by Crippen LogP contribution is 2.38. The van der Waals surface area contributed by atoms with Gasteiger partial charge in [0.1, 0.15) is 18.4 Å². The number of aromatic nitrogens is 2. The quantitative estimate of drug-likeness (QED) is 0.0882. The molecule has 0 saturated carbocycles. The molecule has 4 rings (SSSR count). The second-order valence-corrected chi connectivity index (χ2v) is 10.4. The van der Waals surface area contributed by atoms with Crippen molar-refractivity contribution in [2.24, 2.45) is 5.73 Å². The highest BCUT2D eigenvalue weighted by molar-refractivity contribution is 8.01. The Morgan fingerprint density at radius 1 is 1.05 bits per heavy atom. The molecule has 0 aliphatic heterocycles. The Morgan fingerprint density at radius 2 is 1.77 bits per heavy atom. The molecule has 0 aliphatic carbocycles. The van der Waals surface area contributed by atoms with Gasteiger partial charge in [0, 0.05) is 18.0 Å². The summed E-state index contributed by atoms with van der Waals surface area (Å²) in [6.07, 6.45) is 1.68. The van der Waals surface area contributed by atoms with Gasteiger partial charge in [-0.2, -0.15) is 4.98 Å². The summed E-state index contributed by atoms with van der Waals surface area (Å²) in [6, 6.07) is 17.7. The van der Waals surface area contributed by atoms with Crippen LogP contribution in [0.3, 0.4) is 0 Å². The molecule has 1 aromatic heterocycles. The van der Waals surface area contributed by atoms with E-state index in [0.29, 0.717) is 29.9 Å². The average Bonchev–Trinajstić information content (AvgIpc) is 2.90. The van der Waals surface area contributed by atoms with Gasteiger partial charge in [-0.25, -0.2) is 18.4 Å². The van der Waals surface area contributed by atoms with E-state index in [9.17, 15) is 18.4 Å². The van der Waals surface area contributed by atoms with Crippen LogP contribution >= 0.6 is 11.8 Å². The minimum atomic E-state index is -1.59. The fraction of sp³-hybridized carbons (Fsp3) is 0.276. The Kier molecular flexibility index (Phi) is 9.11. The number of ether oxygens (including phenoxy) is 1. The number of carbonyl (C=O) groups excluding carboxylic acids is 1. The lowest BCUT2D eigenvalue weighted by molar-refractivity contribution is -0.147. The third kappa shape index (κ3) is 6.70. The first-order valence-electron chi connectivity index (χ1n) is 12.7. The number of hydrogen-bond acceptors (Lipinski definition) is 7. The number of thioether (sulfide) groups is 1. The van der Waals surface area contributed by atoms with Crippen LogP contribution in [0.2, 0.25) is 0 Å². The zero-order valence-corrected chi connectivity index (χ0v) is 22.6. The number of nitrogens with one attached hydrogen (secondary N) is 1. The van der Waals surface area contributed by atoms with Crippen LogP contribution in [-0.2, 0) is 22.5 Å². The molecule has 0 saturated heterocycles. The number of nitrogens with zero attached hydrogens (tertiary/aromatic N) is 2. The Bertz CT molecular complexity index is 1520. The predicted molar refractivity (Wildman–Crippen MR) is 149 cm³/mol. The molecule has 0 aliphatic rings. The van der Waals surface area contributed by atoms with Crippen LogP contribution < -0.4 is 16.7 Å². The van der Waals surface area contributed by atoms with Crippen LogP contribution in [0.4, 0.5) is 8.78 Å². The van der Waals surface area contributed by atoms with Crippen molar-refractivity contribution in [2.75, 3.05) is 6.73 Å². The van der Waals surface area contributed by atoms with E-state index in [0.717, 1.165) is 40.4 Å². The third-order valence-electron chi connectivity index (χ3n) is 6.13. The molecule has 0 bridgehead atoms. The number of halogens is 2. The van der Waals surface area contributed by atoms with Crippen molar-refractivity contribution in [1.29, 1.82) is 0 Å². The second kappa shape index (κ2) is 12.5. The smallest absolute Gasteiger partial charge is 0.353 e. The molecule has 0 radical (unpaired) electrons. The highest BCUT2D eigenvalue weighted by atomic mass is 32.2. The van der Waals surface area contributed by atoms with Crippen molar-refractivity contribution >= 4 is 28.6 Å². The number of para-hydroxylation sites is 1. The fourth-order valence-electron chi connectivity index (χ4n) is 4.24. The molecule has 10 heteroatoms. The van der Waals surface area contributed by atoms with Crippen molar-refractivity contribution in [3.05, 3.63) is 100.0 Å². The van der Waals surface area contributed by atoms with Crippen molar-refractivity contribution in [2.45, 2.75) is 49.6 Å². The fourth-order valence-corrected chi connectivity index (χ4v) is 5.59. The largest absolute Gasteiger partial charge is 0.448 e. The van der Waals surface area contributed by atoms with Gasteiger partial charge in [0.05, 0.1) is 16.2 Å². The van der Waals surface area contributed by atoms with Crippen molar-refractivity contribution in [3.8, 4) is 5.69 Å². The maximum atomic E-state index is 14.1. The summed E-state index contributed by atoms with van der Waals surface area (Å²) in [7, 11) is 0.